The van der Waals surface area contributed by atoms with Crippen molar-refractivity contribution in [2.75, 3.05) is 13.6 Å². The first-order valence-corrected chi connectivity index (χ1v) is 8.54. The summed E-state index contributed by atoms with van der Waals surface area (Å²) in [7, 11) is 2.37. The van der Waals surface area contributed by atoms with Crippen molar-refractivity contribution in [1.82, 2.24) is 4.90 Å². The number of likely N-dealkylation sites (N-methyl/N-ethyl adjacent to an activating group) is 1. The van der Waals surface area contributed by atoms with Gasteiger partial charge in [0.15, 0.2) is 0 Å². The van der Waals surface area contributed by atoms with Crippen molar-refractivity contribution >= 4 is 0 Å². The molecular weight excluding hydrogens is 232 g/mol. The van der Waals surface area contributed by atoms with Gasteiger partial charge in [-0.05, 0) is 57.4 Å². The Morgan fingerprint density at radius 1 is 1.16 bits per heavy atom. The van der Waals surface area contributed by atoms with Crippen molar-refractivity contribution in [2.24, 2.45) is 17.6 Å². The quantitative estimate of drug-likeness (QED) is 0.838. The minimum atomic E-state index is 0.310. The second kappa shape index (κ2) is 6.58. The largest absolute Gasteiger partial charge is 0.329 e. The summed E-state index contributed by atoms with van der Waals surface area (Å²) in [6.45, 7) is 5.61. The maximum absolute atomic E-state index is 6.25. The van der Waals surface area contributed by atoms with Gasteiger partial charge in [0.2, 0.25) is 0 Å². The fourth-order valence-electron chi connectivity index (χ4n) is 4.48. The van der Waals surface area contributed by atoms with E-state index in [0.29, 0.717) is 5.54 Å². The molecule has 2 aliphatic rings. The van der Waals surface area contributed by atoms with E-state index in [1.54, 1.807) is 0 Å². The molecule has 112 valence electrons. The first-order chi connectivity index (χ1) is 9.11. The van der Waals surface area contributed by atoms with Crippen LogP contribution in [0.5, 0.6) is 0 Å². The zero-order valence-corrected chi connectivity index (χ0v) is 13.3. The van der Waals surface area contributed by atoms with Crippen LogP contribution in [0.25, 0.3) is 0 Å². The van der Waals surface area contributed by atoms with Crippen molar-refractivity contribution < 1.29 is 0 Å². The Kier molecular flexibility index (Phi) is 5.30. The summed E-state index contributed by atoms with van der Waals surface area (Å²) in [6, 6.07) is 0.787. The molecular formula is C17H34N2. The first kappa shape index (κ1) is 15.3. The SMILES string of the molecule is CCC1CCCC(CN)(N(C)C2CCC(C)CC2)C1. The molecule has 0 radical (unpaired) electrons. The molecule has 2 atom stereocenters. The molecule has 2 unspecified atom stereocenters. The van der Waals surface area contributed by atoms with Crippen LogP contribution < -0.4 is 5.73 Å². The number of nitrogens with zero attached hydrogens (tertiary/aromatic N) is 1. The Labute approximate surface area is 120 Å². The first-order valence-electron chi connectivity index (χ1n) is 8.54. The van der Waals surface area contributed by atoms with Gasteiger partial charge in [-0.15, -0.1) is 0 Å². The highest BCUT2D eigenvalue weighted by Crippen LogP contribution is 2.40. The summed E-state index contributed by atoms with van der Waals surface area (Å²) >= 11 is 0. The topological polar surface area (TPSA) is 29.3 Å². The van der Waals surface area contributed by atoms with Gasteiger partial charge in [0, 0.05) is 18.1 Å². The second-order valence-corrected chi connectivity index (χ2v) is 7.32. The van der Waals surface area contributed by atoms with E-state index in [0.717, 1.165) is 24.4 Å². The molecule has 0 aromatic heterocycles. The third-order valence-corrected chi connectivity index (χ3v) is 6.16. The molecule has 2 rings (SSSR count). The van der Waals surface area contributed by atoms with E-state index in [1.165, 1.54) is 57.8 Å². The molecule has 0 heterocycles. The van der Waals surface area contributed by atoms with Gasteiger partial charge >= 0.3 is 0 Å². The van der Waals surface area contributed by atoms with Crippen LogP contribution in [0.15, 0.2) is 0 Å². The fourth-order valence-corrected chi connectivity index (χ4v) is 4.48. The van der Waals surface area contributed by atoms with Gasteiger partial charge in [-0.2, -0.15) is 0 Å². The fraction of sp³-hybridized carbons (Fsp3) is 1.00. The standard InChI is InChI=1S/C17H34N2/c1-4-15-6-5-11-17(12-15,13-18)19(3)16-9-7-14(2)8-10-16/h14-16H,4-13,18H2,1-3H3. The third kappa shape index (κ3) is 3.33. The zero-order valence-electron chi connectivity index (χ0n) is 13.3. The summed E-state index contributed by atoms with van der Waals surface area (Å²) < 4.78 is 0. The van der Waals surface area contributed by atoms with Gasteiger partial charge in [-0.25, -0.2) is 0 Å². The Bertz CT molecular complexity index is 270. The summed E-state index contributed by atoms with van der Waals surface area (Å²) in [4.78, 5) is 2.71. The Hall–Kier alpha value is -0.0800. The Morgan fingerprint density at radius 2 is 1.84 bits per heavy atom. The average Bonchev–Trinajstić information content (AvgIpc) is 2.47. The van der Waals surface area contributed by atoms with E-state index >= 15 is 0 Å². The number of hydrogen-bond acceptors (Lipinski definition) is 2. The van der Waals surface area contributed by atoms with Crippen LogP contribution in [0.4, 0.5) is 0 Å². The lowest BCUT2D eigenvalue weighted by Crippen LogP contribution is -2.58. The normalized spacial score (nSPS) is 40.6. The maximum Gasteiger partial charge on any atom is 0.0334 e. The molecule has 2 aliphatic carbocycles. The molecule has 2 N–H and O–H groups in total. The third-order valence-electron chi connectivity index (χ3n) is 6.16. The van der Waals surface area contributed by atoms with E-state index < -0.39 is 0 Å². The second-order valence-electron chi connectivity index (χ2n) is 7.32. The van der Waals surface area contributed by atoms with Crippen molar-refractivity contribution in [1.29, 1.82) is 0 Å². The Balaban J connectivity index is 2.03. The zero-order chi connectivity index (χ0) is 13.9. The lowest BCUT2D eigenvalue weighted by Gasteiger charge is -2.51. The lowest BCUT2D eigenvalue weighted by molar-refractivity contribution is 0.00674. The van der Waals surface area contributed by atoms with Crippen LogP contribution in [0.1, 0.15) is 71.6 Å². The van der Waals surface area contributed by atoms with Crippen molar-refractivity contribution in [3.05, 3.63) is 0 Å². The molecule has 2 fully saturated rings. The molecule has 0 aromatic carbocycles. The van der Waals surface area contributed by atoms with Crippen molar-refractivity contribution in [3.63, 3.8) is 0 Å². The number of nitrogens with two attached hydrogens (primary N) is 1. The molecule has 0 spiro atoms. The summed E-state index contributed by atoms with van der Waals surface area (Å²) in [5.74, 6) is 1.84. The predicted molar refractivity (Wildman–Crippen MR) is 83.2 cm³/mol. The molecule has 2 nitrogen and oxygen atoms in total. The molecule has 0 amide bonds. The van der Waals surface area contributed by atoms with E-state index in [9.17, 15) is 0 Å². The molecule has 0 aromatic rings. The minimum Gasteiger partial charge on any atom is -0.329 e. The number of rotatable bonds is 4. The molecule has 0 aliphatic heterocycles. The van der Waals surface area contributed by atoms with Crippen LogP contribution in [-0.4, -0.2) is 30.1 Å². The predicted octanol–water partition coefficient (Wildman–Crippen LogP) is 3.79. The van der Waals surface area contributed by atoms with Crippen LogP contribution in [0.3, 0.4) is 0 Å². The highest BCUT2D eigenvalue weighted by Gasteiger charge is 2.41. The van der Waals surface area contributed by atoms with Crippen molar-refractivity contribution in [2.45, 2.75) is 83.2 Å². The average molecular weight is 266 g/mol. The van der Waals surface area contributed by atoms with Crippen molar-refractivity contribution in [3.8, 4) is 0 Å². The van der Waals surface area contributed by atoms with Crippen LogP contribution in [-0.2, 0) is 0 Å². The van der Waals surface area contributed by atoms with Crippen LogP contribution >= 0.6 is 0 Å². The van der Waals surface area contributed by atoms with Crippen LogP contribution in [0.2, 0.25) is 0 Å². The lowest BCUT2D eigenvalue weighted by atomic mass is 9.72. The Morgan fingerprint density at radius 3 is 2.42 bits per heavy atom. The monoisotopic (exact) mass is 266 g/mol. The van der Waals surface area contributed by atoms with E-state index in [2.05, 4.69) is 25.8 Å². The summed E-state index contributed by atoms with van der Waals surface area (Å²) in [5, 5.41) is 0. The minimum absolute atomic E-state index is 0.310. The van der Waals surface area contributed by atoms with Gasteiger partial charge in [0.05, 0.1) is 0 Å². The van der Waals surface area contributed by atoms with Crippen LogP contribution in [0, 0.1) is 11.8 Å². The van der Waals surface area contributed by atoms with Gasteiger partial charge in [0.1, 0.15) is 0 Å². The molecule has 0 bridgehead atoms. The molecule has 19 heavy (non-hydrogen) atoms. The smallest absolute Gasteiger partial charge is 0.0334 e. The van der Waals surface area contributed by atoms with E-state index in [1.807, 2.05) is 0 Å². The maximum atomic E-state index is 6.25. The highest BCUT2D eigenvalue weighted by atomic mass is 15.2. The van der Waals surface area contributed by atoms with E-state index in [-0.39, 0.29) is 0 Å². The summed E-state index contributed by atoms with van der Waals surface area (Å²) in [5.41, 5.74) is 6.56. The van der Waals surface area contributed by atoms with Gasteiger partial charge < -0.3 is 5.73 Å². The molecule has 2 heteroatoms. The highest BCUT2D eigenvalue weighted by molar-refractivity contribution is 4.98. The van der Waals surface area contributed by atoms with Gasteiger partial charge in [0.25, 0.3) is 0 Å². The molecule has 2 saturated carbocycles. The van der Waals surface area contributed by atoms with Gasteiger partial charge in [-0.1, -0.05) is 33.1 Å². The van der Waals surface area contributed by atoms with E-state index in [4.69, 9.17) is 5.73 Å². The number of hydrogen-bond donors (Lipinski definition) is 1. The van der Waals surface area contributed by atoms with Gasteiger partial charge in [-0.3, -0.25) is 4.90 Å². The summed E-state index contributed by atoms with van der Waals surface area (Å²) in [6.07, 6.45) is 12.4. The molecule has 0 saturated heterocycles.